The van der Waals surface area contributed by atoms with Gasteiger partial charge in [0.1, 0.15) is 5.92 Å². The standard InChI is InChI=1S/C18H17F3N2O2S2/c1-22-14(11-7-4-3-5-8-11)13(15(24)12-9-6-10-27-12)17(25,18(19,20)21)23(2)16(22)26/h3-10,13-14,25H,1-2H3/t13-,14+,17-/m0/s1. The van der Waals surface area contributed by atoms with E-state index >= 15 is 0 Å². The zero-order valence-corrected chi connectivity index (χ0v) is 16.1. The summed E-state index contributed by atoms with van der Waals surface area (Å²) in [6, 6.07) is 10.3. The topological polar surface area (TPSA) is 43.8 Å². The summed E-state index contributed by atoms with van der Waals surface area (Å²) in [5, 5.41) is 12.3. The molecule has 4 nitrogen and oxygen atoms in total. The maximum Gasteiger partial charge on any atom is 0.437 e. The van der Waals surface area contributed by atoms with Crippen molar-refractivity contribution in [2.24, 2.45) is 5.92 Å². The zero-order chi connectivity index (χ0) is 20.0. The Morgan fingerprint density at radius 2 is 1.81 bits per heavy atom. The molecule has 27 heavy (non-hydrogen) atoms. The second kappa shape index (κ2) is 6.88. The predicted molar refractivity (Wildman–Crippen MR) is 100 cm³/mol. The SMILES string of the molecule is CN1C(=S)N(C)[C@@](O)(C(F)(F)F)[C@H](C(=O)c2cccs2)[C@H]1c1ccccc1. The van der Waals surface area contributed by atoms with Crippen LogP contribution in [-0.2, 0) is 0 Å². The number of nitrogens with zero attached hydrogens (tertiary/aromatic N) is 2. The fourth-order valence-electron chi connectivity index (χ4n) is 3.48. The smallest absolute Gasteiger partial charge is 0.363 e. The molecule has 3 rings (SSSR count). The predicted octanol–water partition coefficient (Wildman–Crippen LogP) is 3.70. The lowest BCUT2D eigenvalue weighted by Crippen LogP contribution is -2.72. The van der Waals surface area contributed by atoms with E-state index in [1.165, 1.54) is 18.0 Å². The maximum atomic E-state index is 14.1. The Labute approximate surface area is 163 Å². The third kappa shape index (κ3) is 3.03. The number of ketones is 1. The number of halogens is 3. The molecule has 0 aliphatic carbocycles. The molecule has 1 aliphatic rings. The van der Waals surface area contributed by atoms with Crippen molar-refractivity contribution in [1.82, 2.24) is 9.80 Å². The van der Waals surface area contributed by atoms with Crippen LogP contribution >= 0.6 is 23.6 Å². The second-order valence-electron chi connectivity index (χ2n) is 6.35. The molecule has 1 N–H and O–H groups in total. The van der Waals surface area contributed by atoms with Crippen molar-refractivity contribution < 1.29 is 23.1 Å². The molecular formula is C18H17F3N2O2S2. The lowest BCUT2D eigenvalue weighted by atomic mass is 9.77. The van der Waals surface area contributed by atoms with E-state index in [9.17, 15) is 23.1 Å². The molecule has 0 spiro atoms. The molecule has 0 radical (unpaired) electrons. The number of hydrogen-bond donors (Lipinski definition) is 1. The fourth-order valence-corrected chi connectivity index (χ4v) is 4.44. The number of benzene rings is 1. The number of rotatable bonds is 3. The van der Waals surface area contributed by atoms with Crippen LogP contribution in [0.1, 0.15) is 21.3 Å². The second-order valence-corrected chi connectivity index (χ2v) is 7.66. The van der Waals surface area contributed by atoms with Crippen molar-refractivity contribution in [2.75, 3.05) is 14.1 Å². The fraction of sp³-hybridized carbons (Fsp3) is 0.333. The van der Waals surface area contributed by atoms with E-state index in [2.05, 4.69) is 0 Å². The molecular weight excluding hydrogens is 397 g/mol. The van der Waals surface area contributed by atoms with Gasteiger partial charge in [0.05, 0.1) is 10.9 Å². The molecule has 2 heterocycles. The summed E-state index contributed by atoms with van der Waals surface area (Å²) in [7, 11) is 2.59. The van der Waals surface area contributed by atoms with Gasteiger partial charge in [-0.25, -0.2) is 0 Å². The van der Waals surface area contributed by atoms with Gasteiger partial charge < -0.3 is 14.9 Å². The van der Waals surface area contributed by atoms with Crippen molar-refractivity contribution in [2.45, 2.75) is 17.9 Å². The Hall–Kier alpha value is -1.97. The van der Waals surface area contributed by atoms with Gasteiger partial charge in [0, 0.05) is 14.1 Å². The largest absolute Gasteiger partial charge is 0.437 e. The molecule has 1 aromatic carbocycles. The van der Waals surface area contributed by atoms with Crippen LogP contribution in [0.4, 0.5) is 13.2 Å². The van der Waals surface area contributed by atoms with Crippen molar-refractivity contribution >= 4 is 34.5 Å². The molecule has 3 atom stereocenters. The Balaban J connectivity index is 2.25. The van der Waals surface area contributed by atoms with Gasteiger partial charge in [0.2, 0.25) is 0 Å². The first-order valence-corrected chi connectivity index (χ1v) is 9.32. The van der Waals surface area contributed by atoms with Crippen molar-refractivity contribution in [3.8, 4) is 0 Å². The minimum atomic E-state index is -5.10. The summed E-state index contributed by atoms with van der Waals surface area (Å²) in [6.45, 7) is 0. The van der Waals surface area contributed by atoms with E-state index in [4.69, 9.17) is 12.2 Å². The molecule has 0 unspecified atom stereocenters. The van der Waals surface area contributed by atoms with Crippen molar-refractivity contribution in [1.29, 1.82) is 0 Å². The van der Waals surface area contributed by atoms with Crippen LogP contribution < -0.4 is 0 Å². The number of Topliss-reactive ketones (excluding diaryl/α,β-unsaturated/α-hetero) is 1. The van der Waals surface area contributed by atoms with Gasteiger partial charge in [-0.05, 0) is 29.2 Å². The molecule has 1 aliphatic heterocycles. The molecule has 0 amide bonds. The molecule has 1 fully saturated rings. The Morgan fingerprint density at radius 3 is 2.33 bits per heavy atom. The minimum absolute atomic E-state index is 0.151. The number of aliphatic hydroxyl groups is 1. The minimum Gasteiger partial charge on any atom is -0.363 e. The summed E-state index contributed by atoms with van der Waals surface area (Å²) in [6.07, 6.45) is -5.10. The average Bonchev–Trinajstić information content (AvgIpc) is 3.16. The highest BCUT2D eigenvalue weighted by molar-refractivity contribution is 7.80. The number of carbonyl (C=O) groups is 1. The van der Waals surface area contributed by atoms with Crippen LogP contribution in [0.15, 0.2) is 47.8 Å². The lowest BCUT2D eigenvalue weighted by molar-refractivity contribution is -0.324. The van der Waals surface area contributed by atoms with E-state index in [1.807, 2.05) is 0 Å². The van der Waals surface area contributed by atoms with E-state index in [1.54, 1.807) is 41.8 Å². The van der Waals surface area contributed by atoms with E-state index < -0.39 is 29.6 Å². The first-order valence-electron chi connectivity index (χ1n) is 8.03. The summed E-state index contributed by atoms with van der Waals surface area (Å²) < 4.78 is 42.3. The van der Waals surface area contributed by atoms with Gasteiger partial charge in [-0.15, -0.1) is 11.3 Å². The third-order valence-electron chi connectivity index (χ3n) is 4.87. The Bertz CT molecular complexity index is 842. The lowest BCUT2D eigenvalue weighted by Gasteiger charge is -2.54. The van der Waals surface area contributed by atoms with Crippen LogP contribution in [-0.4, -0.2) is 51.8 Å². The Morgan fingerprint density at radius 1 is 1.19 bits per heavy atom. The number of alkyl halides is 3. The Kier molecular flexibility index (Phi) is 5.04. The van der Waals surface area contributed by atoms with Crippen LogP contribution in [0.2, 0.25) is 0 Å². The number of thiocarbonyl (C=S) groups is 1. The quantitative estimate of drug-likeness (QED) is 0.613. The van der Waals surface area contributed by atoms with E-state index in [0.717, 1.165) is 18.4 Å². The van der Waals surface area contributed by atoms with Gasteiger partial charge in [0.25, 0.3) is 5.72 Å². The first-order chi connectivity index (χ1) is 12.6. The number of hydrogen-bond acceptors (Lipinski definition) is 4. The summed E-state index contributed by atoms with van der Waals surface area (Å²) >= 11 is 6.21. The van der Waals surface area contributed by atoms with Crippen LogP contribution in [0.25, 0.3) is 0 Å². The van der Waals surface area contributed by atoms with E-state index in [0.29, 0.717) is 10.5 Å². The molecule has 2 aromatic rings. The molecule has 144 valence electrons. The van der Waals surface area contributed by atoms with Gasteiger partial charge in [-0.1, -0.05) is 36.4 Å². The number of carbonyl (C=O) groups excluding carboxylic acids is 1. The maximum absolute atomic E-state index is 14.1. The van der Waals surface area contributed by atoms with Gasteiger partial charge in [-0.2, -0.15) is 13.2 Å². The molecule has 1 saturated heterocycles. The van der Waals surface area contributed by atoms with E-state index in [-0.39, 0.29) is 9.99 Å². The summed E-state index contributed by atoms with van der Waals surface area (Å²) in [5.74, 6) is -2.60. The summed E-state index contributed by atoms with van der Waals surface area (Å²) in [5.41, 5.74) is -2.97. The highest BCUT2D eigenvalue weighted by atomic mass is 32.1. The van der Waals surface area contributed by atoms with Gasteiger partial charge in [0.15, 0.2) is 10.9 Å². The highest BCUT2D eigenvalue weighted by Crippen LogP contribution is 2.50. The molecule has 0 bridgehead atoms. The van der Waals surface area contributed by atoms with Crippen molar-refractivity contribution in [3.63, 3.8) is 0 Å². The highest BCUT2D eigenvalue weighted by Gasteiger charge is 2.69. The zero-order valence-electron chi connectivity index (χ0n) is 14.5. The van der Waals surface area contributed by atoms with Gasteiger partial charge >= 0.3 is 6.18 Å². The normalized spacial score (nSPS) is 26.4. The molecule has 9 heteroatoms. The molecule has 1 aromatic heterocycles. The summed E-state index contributed by atoms with van der Waals surface area (Å²) in [4.78, 5) is 15.3. The monoisotopic (exact) mass is 414 g/mol. The number of thiophene rings is 1. The first kappa shape index (κ1) is 19.8. The van der Waals surface area contributed by atoms with Crippen molar-refractivity contribution in [3.05, 3.63) is 58.3 Å². The average molecular weight is 414 g/mol. The van der Waals surface area contributed by atoms with Gasteiger partial charge in [-0.3, -0.25) is 4.79 Å². The third-order valence-corrected chi connectivity index (χ3v) is 6.32. The van der Waals surface area contributed by atoms with Crippen LogP contribution in [0.5, 0.6) is 0 Å². The van der Waals surface area contributed by atoms with Crippen LogP contribution in [0, 0.1) is 5.92 Å². The van der Waals surface area contributed by atoms with Crippen LogP contribution in [0.3, 0.4) is 0 Å². The molecule has 0 saturated carbocycles.